The van der Waals surface area contributed by atoms with Crippen LogP contribution in [0.15, 0.2) is 18.2 Å². The highest BCUT2D eigenvalue weighted by Gasteiger charge is 2.13. The number of nitrogen functional groups attached to an aromatic ring is 1. The van der Waals surface area contributed by atoms with Gasteiger partial charge in [0.05, 0.1) is 7.11 Å². The molecular formula is C14H17N3O3S. The van der Waals surface area contributed by atoms with Crippen molar-refractivity contribution in [3.05, 3.63) is 23.8 Å². The van der Waals surface area contributed by atoms with E-state index < -0.39 is 0 Å². The van der Waals surface area contributed by atoms with Gasteiger partial charge in [-0.2, -0.15) is 4.37 Å². The Bertz CT molecular complexity index is 630. The van der Waals surface area contributed by atoms with E-state index in [0.29, 0.717) is 24.8 Å². The van der Waals surface area contributed by atoms with E-state index in [9.17, 15) is 0 Å². The Morgan fingerprint density at radius 3 is 2.95 bits per heavy atom. The minimum atomic E-state index is 0.421. The molecule has 0 atom stereocenters. The molecule has 1 aromatic heterocycles. The van der Waals surface area contributed by atoms with Gasteiger partial charge in [0, 0.05) is 6.54 Å². The number of hydrogen-bond acceptors (Lipinski definition) is 7. The van der Waals surface area contributed by atoms with Gasteiger partial charge in [-0.1, -0.05) is 6.07 Å². The number of methoxy groups -OCH3 is 1. The summed E-state index contributed by atoms with van der Waals surface area (Å²) in [6.45, 7) is 1.98. The number of ether oxygens (including phenoxy) is 3. The lowest BCUT2D eigenvalue weighted by atomic mass is 10.1. The maximum Gasteiger partial charge on any atom is 0.197 e. The van der Waals surface area contributed by atoms with Crippen molar-refractivity contribution in [3.63, 3.8) is 0 Å². The highest BCUT2D eigenvalue weighted by Crippen LogP contribution is 2.35. The zero-order valence-electron chi connectivity index (χ0n) is 11.7. The number of rotatable bonds is 5. The van der Waals surface area contributed by atoms with Crippen LogP contribution in [-0.4, -0.2) is 31.2 Å². The van der Waals surface area contributed by atoms with E-state index in [2.05, 4.69) is 9.69 Å². The van der Waals surface area contributed by atoms with Gasteiger partial charge in [0.2, 0.25) is 0 Å². The van der Waals surface area contributed by atoms with Crippen LogP contribution in [-0.2, 0) is 6.42 Å². The third-order valence-electron chi connectivity index (χ3n) is 3.18. The molecule has 1 aliphatic heterocycles. The van der Waals surface area contributed by atoms with Crippen LogP contribution in [0.5, 0.6) is 17.2 Å². The fraction of sp³-hybridized carbons (Fsp3) is 0.357. The number of anilines is 2. The summed E-state index contributed by atoms with van der Waals surface area (Å²) in [5.41, 5.74) is 6.90. The van der Waals surface area contributed by atoms with Crippen molar-refractivity contribution >= 4 is 22.4 Å². The predicted octanol–water partition coefficient (Wildman–Crippen LogP) is 2.16. The molecule has 2 aromatic rings. The average Bonchev–Trinajstić information content (AvgIpc) is 2.87. The second-order valence-corrected chi connectivity index (χ2v) is 5.36. The minimum Gasteiger partial charge on any atom is -0.490 e. The van der Waals surface area contributed by atoms with Crippen molar-refractivity contribution in [3.8, 4) is 17.2 Å². The Kier molecular flexibility index (Phi) is 4.01. The summed E-state index contributed by atoms with van der Waals surface area (Å²) in [7, 11) is 1.59. The maximum absolute atomic E-state index is 5.71. The molecule has 0 fully saturated rings. The van der Waals surface area contributed by atoms with E-state index in [0.717, 1.165) is 29.5 Å². The van der Waals surface area contributed by atoms with E-state index in [1.165, 1.54) is 17.1 Å². The monoisotopic (exact) mass is 307 g/mol. The lowest BCUT2D eigenvalue weighted by Crippen LogP contribution is -2.15. The summed E-state index contributed by atoms with van der Waals surface area (Å²) in [5.74, 6) is 2.67. The molecule has 3 N–H and O–H groups in total. The van der Waals surface area contributed by atoms with E-state index >= 15 is 0 Å². The standard InChI is InChI=1S/C14H17N3O3S/c1-18-12-13(15)17-21-14(12)16-5-4-9-2-3-10-11(8-9)20-7-6-19-10/h2-3,8,16H,4-7H2,1H3,(H2,15,17). The van der Waals surface area contributed by atoms with Crippen molar-refractivity contribution in [2.75, 3.05) is 37.9 Å². The first-order chi connectivity index (χ1) is 10.3. The summed E-state index contributed by atoms with van der Waals surface area (Å²) in [5, 5.41) is 4.15. The quantitative estimate of drug-likeness (QED) is 0.881. The molecule has 0 amide bonds. The Balaban J connectivity index is 1.60. The predicted molar refractivity (Wildman–Crippen MR) is 82.7 cm³/mol. The Morgan fingerprint density at radius 2 is 2.14 bits per heavy atom. The fourth-order valence-corrected chi connectivity index (χ4v) is 2.88. The van der Waals surface area contributed by atoms with Crippen LogP contribution in [0.1, 0.15) is 5.56 Å². The largest absolute Gasteiger partial charge is 0.490 e. The molecule has 1 aromatic carbocycles. The van der Waals surface area contributed by atoms with Crippen molar-refractivity contribution < 1.29 is 14.2 Å². The van der Waals surface area contributed by atoms with Crippen LogP contribution >= 0.6 is 11.5 Å². The van der Waals surface area contributed by atoms with Crippen LogP contribution in [0.25, 0.3) is 0 Å². The summed E-state index contributed by atoms with van der Waals surface area (Å²) in [6.07, 6.45) is 0.859. The first kappa shape index (κ1) is 13.8. The number of fused-ring (bicyclic) bond motifs is 1. The van der Waals surface area contributed by atoms with Gasteiger partial charge in [-0.3, -0.25) is 0 Å². The number of nitrogens with one attached hydrogen (secondary N) is 1. The normalized spacial score (nSPS) is 13.0. The molecule has 2 heterocycles. The molecular weight excluding hydrogens is 290 g/mol. The topological polar surface area (TPSA) is 78.6 Å². The zero-order valence-corrected chi connectivity index (χ0v) is 12.5. The van der Waals surface area contributed by atoms with E-state index in [4.69, 9.17) is 19.9 Å². The second kappa shape index (κ2) is 6.09. The Morgan fingerprint density at radius 1 is 1.33 bits per heavy atom. The molecule has 6 nitrogen and oxygen atoms in total. The van der Waals surface area contributed by atoms with Gasteiger partial charge in [0.1, 0.15) is 13.2 Å². The summed E-state index contributed by atoms with van der Waals surface area (Å²) < 4.78 is 20.4. The molecule has 7 heteroatoms. The van der Waals surface area contributed by atoms with Crippen LogP contribution in [0, 0.1) is 0 Å². The number of nitrogens with zero attached hydrogens (tertiary/aromatic N) is 1. The maximum atomic E-state index is 5.71. The molecule has 1 aliphatic rings. The molecule has 0 aliphatic carbocycles. The van der Waals surface area contributed by atoms with Crippen LogP contribution in [0.3, 0.4) is 0 Å². The number of benzene rings is 1. The second-order valence-electron chi connectivity index (χ2n) is 4.58. The molecule has 0 saturated carbocycles. The molecule has 0 bridgehead atoms. The van der Waals surface area contributed by atoms with Gasteiger partial charge in [0.15, 0.2) is 28.1 Å². The van der Waals surface area contributed by atoms with Crippen LogP contribution in [0.2, 0.25) is 0 Å². The van der Waals surface area contributed by atoms with Crippen molar-refractivity contribution in [2.24, 2.45) is 0 Å². The Labute approximate surface area is 127 Å². The van der Waals surface area contributed by atoms with Crippen LogP contribution < -0.4 is 25.3 Å². The van der Waals surface area contributed by atoms with Gasteiger partial charge in [-0.15, -0.1) is 0 Å². The Hall–Kier alpha value is -2.15. The summed E-state index contributed by atoms with van der Waals surface area (Å²) in [6, 6.07) is 6.02. The molecule has 112 valence electrons. The van der Waals surface area contributed by atoms with E-state index in [1.54, 1.807) is 7.11 Å². The molecule has 21 heavy (non-hydrogen) atoms. The first-order valence-electron chi connectivity index (χ1n) is 6.69. The minimum absolute atomic E-state index is 0.421. The van der Waals surface area contributed by atoms with Gasteiger partial charge < -0.3 is 25.3 Å². The van der Waals surface area contributed by atoms with E-state index in [1.807, 2.05) is 18.2 Å². The molecule has 3 rings (SSSR count). The number of hydrogen-bond donors (Lipinski definition) is 2. The highest BCUT2D eigenvalue weighted by atomic mass is 32.1. The van der Waals surface area contributed by atoms with E-state index in [-0.39, 0.29) is 0 Å². The summed E-state index contributed by atoms with van der Waals surface area (Å²) >= 11 is 1.30. The van der Waals surface area contributed by atoms with Gasteiger partial charge in [-0.05, 0) is 35.6 Å². The highest BCUT2D eigenvalue weighted by molar-refractivity contribution is 7.11. The average molecular weight is 307 g/mol. The molecule has 0 saturated heterocycles. The SMILES string of the molecule is COc1c(N)nsc1NCCc1ccc2c(c1)OCCO2. The molecule has 0 radical (unpaired) electrons. The van der Waals surface area contributed by atoms with Gasteiger partial charge in [0.25, 0.3) is 0 Å². The third-order valence-corrected chi connectivity index (χ3v) is 3.98. The van der Waals surface area contributed by atoms with Crippen molar-refractivity contribution in [2.45, 2.75) is 6.42 Å². The molecule has 0 unspecified atom stereocenters. The molecule has 0 spiro atoms. The lowest BCUT2D eigenvalue weighted by molar-refractivity contribution is 0.171. The number of nitrogens with two attached hydrogens (primary N) is 1. The zero-order chi connectivity index (χ0) is 14.7. The first-order valence-corrected chi connectivity index (χ1v) is 7.47. The number of aromatic nitrogens is 1. The van der Waals surface area contributed by atoms with Crippen molar-refractivity contribution in [1.82, 2.24) is 4.37 Å². The van der Waals surface area contributed by atoms with Crippen LogP contribution in [0.4, 0.5) is 10.8 Å². The summed E-state index contributed by atoms with van der Waals surface area (Å²) in [4.78, 5) is 0. The fourth-order valence-electron chi connectivity index (χ4n) is 2.17. The lowest BCUT2D eigenvalue weighted by Gasteiger charge is -2.18. The third kappa shape index (κ3) is 2.97. The smallest absolute Gasteiger partial charge is 0.197 e. The van der Waals surface area contributed by atoms with Gasteiger partial charge in [-0.25, -0.2) is 0 Å². The van der Waals surface area contributed by atoms with Gasteiger partial charge >= 0.3 is 0 Å². The van der Waals surface area contributed by atoms with Crippen molar-refractivity contribution in [1.29, 1.82) is 0 Å².